The van der Waals surface area contributed by atoms with Crippen molar-refractivity contribution in [3.8, 4) is 39.7 Å². The van der Waals surface area contributed by atoms with Gasteiger partial charge in [0.25, 0.3) is 0 Å². The highest BCUT2D eigenvalue weighted by Gasteiger charge is 2.36. The number of halogens is 13. The average molecular weight is 762 g/mol. The molecular formula is C32H16ClF12N7. The van der Waals surface area contributed by atoms with Gasteiger partial charge in [-0.1, -0.05) is 24.3 Å². The minimum atomic E-state index is -4.79. The van der Waals surface area contributed by atoms with Crippen LogP contribution in [0.4, 0.5) is 52.7 Å². The predicted octanol–water partition coefficient (Wildman–Crippen LogP) is 10.3. The summed E-state index contributed by atoms with van der Waals surface area (Å²) < 4.78 is 155. The van der Waals surface area contributed by atoms with Crippen LogP contribution in [-0.2, 0) is 24.7 Å². The molecule has 6 rings (SSSR count). The molecule has 4 heterocycles. The van der Waals surface area contributed by atoms with Crippen molar-refractivity contribution in [3.63, 3.8) is 0 Å². The lowest BCUT2D eigenvalue weighted by molar-refractivity contribution is -0.142. The minimum Gasteiger partial charge on any atom is -0.274 e. The van der Waals surface area contributed by atoms with E-state index in [0.29, 0.717) is 23.4 Å². The summed E-state index contributed by atoms with van der Waals surface area (Å²) in [5.41, 5.74) is -3.51. The molecule has 270 valence electrons. The van der Waals surface area contributed by atoms with Crippen LogP contribution in [0.3, 0.4) is 0 Å². The van der Waals surface area contributed by atoms with Crippen molar-refractivity contribution in [2.75, 3.05) is 0 Å². The summed E-state index contributed by atoms with van der Waals surface area (Å²) in [6.07, 6.45) is -12.8. The molecule has 0 amide bonds. The van der Waals surface area contributed by atoms with Gasteiger partial charge in [0.15, 0.2) is 5.69 Å². The molecule has 0 saturated heterocycles. The lowest BCUT2D eigenvalue weighted by Crippen LogP contribution is -2.12. The molecule has 52 heavy (non-hydrogen) atoms. The van der Waals surface area contributed by atoms with E-state index in [0.717, 1.165) is 48.5 Å². The van der Waals surface area contributed by atoms with Gasteiger partial charge < -0.3 is 0 Å². The Kier molecular flexibility index (Phi) is 10.3. The maximum atomic E-state index is 13.4. The fourth-order valence-corrected chi connectivity index (χ4v) is 4.49. The van der Waals surface area contributed by atoms with E-state index in [1.807, 2.05) is 0 Å². The first-order valence-electron chi connectivity index (χ1n) is 14.1. The van der Waals surface area contributed by atoms with Crippen LogP contribution in [-0.4, -0.2) is 34.5 Å². The van der Waals surface area contributed by atoms with Crippen LogP contribution in [0.5, 0.6) is 0 Å². The van der Waals surface area contributed by atoms with Crippen molar-refractivity contribution in [1.29, 1.82) is 0 Å². The lowest BCUT2D eigenvalue weighted by atomic mass is 10.1. The van der Waals surface area contributed by atoms with Crippen molar-refractivity contribution in [2.24, 2.45) is 0 Å². The molecule has 6 aromatic rings. The monoisotopic (exact) mass is 761 g/mol. The zero-order valence-corrected chi connectivity index (χ0v) is 26.0. The number of benzene rings is 2. The predicted molar refractivity (Wildman–Crippen MR) is 160 cm³/mol. The summed E-state index contributed by atoms with van der Waals surface area (Å²) in [6, 6.07) is 11.9. The van der Waals surface area contributed by atoms with Crippen LogP contribution in [0.2, 0.25) is 5.28 Å². The van der Waals surface area contributed by atoms with Crippen molar-refractivity contribution in [2.45, 2.75) is 24.7 Å². The number of alkyl halides is 12. The summed E-state index contributed by atoms with van der Waals surface area (Å²) in [5.74, 6) is -0.327. The number of hydrogen-bond donors (Lipinski definition) is 0. The standard InChI is InChI=1S/C20H11F6N5.C12H5ClF6N2/c21-19(22,23)14-5-3-12(4-6-14)15-8-17(20(24,25)26)30-18(29-15)31-10-16(28-11-31)13-2-1-7-27-9-13;13-10-20-8(5-9(21-10)12(17,18)19)6-1-3-7(4-2-6)11(14,15)16/h1-11H;1-5H. The third kappa shape index (κ3) is 9.19. The largest absolute Gasteiger partial charge is 0.433 e. The van der Waals surface area contributed by atoms with Gasteiger partial charge in [0.05, 0.1) is 28.2 Å². The number of hydrogen-bond acceptors (Lipinski definition) is 6. The normalized spacial score (nSPS) is 12.3. The van der Waals surface area contributed by atoms with Crippen LogP contribution in [0, 0.1) is 0 Å². The van der Waals surface area contributed by atoms with E-state index >= 15 is 0 Å². The van der Waals surface area contributed by atoms with E-state index in [1.54, 1.807) is 18.3 Å². The highest BCUT2D eigenvalue weighted by molar-refractivity contribution is 6.28. The molecule has 0 saturated carbocycles. The summed E-state index contributed by atoms with van der Waals surface area (Å²) in [4.78, 5) is 22.4. The second-order valence-electron chi connectivity index (χ2n) is 10.4. The Morgan fingerprint density at radius 2 is 1.02 bits per heavy atom. The molecule has 0 aliphatic carbocycles. The molecule has 0 N–H and O–H groups in total. The molecule has 0 aliphatic heterocycles. The van der Waals surface area contributed by atoms with Crippen LogP contribution >= 0.6 is 11.6 Å². The van der Waals surface area contributed by atoms with Gasteiger partial charge in [-0.3, -0.25) is 9.55 Å². The zero-order chi connectivity index (χ0) is 38.1. The maximum Gasteiger partial charge on any atom is 0.433 e. The van der Waals surface area contributed by atoms with E-state index in [-0.39, 0.29) is 28.5 Å². The third-order valence-electron chi connectivity index (χ3n) is 6.78. The number of imidazole rings is 1. The Hall–Kier alpha value is -5.59. The maximum absolute atomic E-state index is 13.4. The minimum absolute atomic E-state index is 0.0674. The molecule has 0 unspecified atom stereocenters. The molecule has 2 aromatic carbocycles. The fourth-order valence-electron chi connectivity index (χ4n) is 4.31. The molecule has 0 aliphatic rings. The van der Waals surface area contributed by atoms with Crippen LogP contribution in [0.15, 0.2) is 97.7 Å². The van der Waals surface area contributed by atoms with Gasteiger partial charge >= 0.3 is 24.7 Å². The van der Waals surface area contributed by atoms with Crippen LogP contribution < -0.4 is 0 Å². The molecule has 4 aromatic heterocycles. The van der Waals surface area contributed by atoms with E-state index < -0.39 is 52.5 Å². The molecule has 0 bridgehead atoms. The SMILES string of the molecule is FC(F)(F)c1ccc(-c2cc(C(F)(F)F)nc(-n3cnc(-c4cccnc4)c3)n2)cc1.FC(F)(F)c1ccc(-c2cc(C(F)(F)F)nc(Cl)n2)cc1. The summed E-state index contributed by atoms with van der Waals surface area (Å²) in [7, 11) is 0. The van der Waals surface area contributed by atoms with Crippen molar-refractivity contribution in [3.05, 3.63) is 126 Å². The topological polar surface area (TPSA) is 82.3 Å². The van der Waals surface area contributed by atoms with E-state index in [1.165, 1.54) is 23.3 Å². The molecule has 7 nitrogen and oxygen atoms in total. The third-order valence-corrected chi connectivity index (χ3v) is 6.95. The Morgan fingerprint density at radius 1 is 0.519 bits per heavy atom. The van der Waals surface area contributed by atoms with Gasteiger partial charge in [0, 0.05) is 35.3 Å². The van der Waals surface area contributed by atoms with Gasteiger partial charge in [0.2, 0.25) is 11.2 Å². The molecule has 0 atom stereocenters. The highest BCUT2D eigenvalue weighted by Crippen LogP contribution is 2.35. The zero-order valence-electron chi connectivity index (χ0n) is 25.3. The van der Waals surface area contributed by atoms with Crippen molar-refractivity contribution >= 4 is 11.6 Å². The van der Waals surface area contributed by atoms with Crippen molar-refractivity contribution < 1.29 is 52.7 Å². The lowest BCUT2D eigenvalue weighted by Gasteiger charge is -2.12. The van der Waals surface area contributed by atoms with Crippen LogP contribution in [0.1, 0.15) is 22.5 Å². The van der Waals surface area contributed by atoms with Gasteiger partial charge in [0.1, 0.15) is 12.0 Å². The molecule has 0 fully saturated rings. The molecule has 0 spiro atoms. The Bertz CT molecular complexity index is 2140. The average Bonchev–Trinajstić information content (AvgIpc) is 3.58. The van der Waals surface area contributed by atoms with E-state index in [9.17, 15) is 52.7 Å². The first-order valence-corrected chi connectivity index (χ1v) is 14.4. The van der Waals surface area contributed by atoms with Crippen molar-refractivity contribution in [1.82, 2.24) is 34.5 Å². The van der Waals surface area contributed by atoms with Crippen LogP contribution in [0.25, 0.3) is 39.7 Å². The fraction of sp³-hybridized carbons (Fsp3) is 0.125. The molecule has 0 radical (unpaired) electrons. The Morgan fingerprint density at radius 3 is 1.48 bits per heavy atom. The van der Waals surface area contributed by atoms with E-state index in [4.69, 9.17) is 11.6 Å². The number of nitrogens with zero attached hydrogens (tertiary/aromatic N) is 7. The molecular weight excluding hydrogens is 746 g/mol. The second-order valence-corrected chi connectivity index (χ2v) is 10.7. The summed E-state index contributed by atoms with van der Waals surface area (Å²) in [6.45, 7) is 0. The van der Waals surface area contributed by atoms with Gasteiger partial charge in [-0.05, 0) is 60.1 Å². The Labute approximate surface area is 288 Å². The quantitative estimate of drug-likeness (QED) is 0.131. The summed E-state index contributed by atoms with van der Waals surface area (Å²) >= 11 is 5.41. The van der Waals surface area contributed by atoms with E-state index in [2.05, 4.69) is 29.9 Å². The summed E-state index contributed by atoms with van der Waals surface area (Å²) in [5, 5.41) is -0.639. The number of rotatable bonds is 4. The smallest absolute Gasteiger partial charge is 0.274 e. The van der Waals surface area contributed by atoms with Gasteiger partial charge in [-0.15, -0.1) is 0 Å². The second kappa shape index (κ2) is 14.2. The first kappa shape index (κ1) is 37.7. The number of pyridine rings is 1. The Balaban J connectivity index is 0.000000217. The van der Waals surface area contributed by atoms with Gasteiger partial charge in [-0.2, -0.15) is 52.7 Å². The highest BCUT2D eigenvalue weighted by atomic mass is 35.5. The van der Waals surface area contributed by atoms with Gasteiger partial charge in [-0.25, -0.2) is 24.9 Å². The number of aromatic nitrogens is 7. The first-order chi connectivity index (χ1) is 24.2. The molecule has 20 heteroatoms.